The van der Waals surface area contributed by atoms with Gasteiger partial charge in [-0.3, -0.25) is 14.4 Å². The molecule has 6 heteroatoms. The van der Waals surface area contributed by atoms with E-state index in [9.17, 15) is 14.4 Å². The first-order valence-electron chi connectivity index (χ1n) is 13.2. The Morgan fingerprint density at radius 1 is 0.973 bits per heavy atom. The molecule has 0 radical (unpaired) electrons. The Kier molecular flexibility index (Phi) is 7.96. The number of nitrogens with one attached hydrogen (secondary N) is 1. The predicted molar refractivity (Wildman–Crippen MR) is 149 cm³/mol. The van der Waals surface area contributed by atoms with E-state index in [-0.39, 0.29) is 29.7 Å². The van der Waals surface area contributed by atoms with E-state index in [1.165, 1.54) is 0 Å². The molecular weight excluding hydrogens is 462 g/mol. The van der Waals surface area contributed by atoms with Crippen LogP contribution in [0.15, 0.2) is 66.7 Å². The fourth-order valence-corrected chi connectivity index (χ4v) is 5.08. The molecule has 0 saturated heterocycles. The summed E-state index contributed by atoms with van der Waals surface area (Å²) in [5.41, 5.74) is 2.36. The molecule has 3 amide bonds. The van der Waals surface area contributed by atoms with Crippen molar-refractivity contribution in [3.8, 4) is 0 Å². The number of anilines is 1. The lowest BCUT2D eigenvalue weighted by Gasteiger charge is -2.33. The third-order valence-corrected chi connectivity index (χ3v) is 6.79. The summed E-state index contributed by atoms with van der Waals surface area (Å²) in [5.74, 6) is -0.210. The molecule has 0 fully saturated rings. The Morgan fingerprint density at radius 2 is 1.68 bits per heavy atom. The highest BCUT2D eigenvalue weighted by molar-refractivity contribution is 6.25. The highest BCUT2D eigenvalue weighted by atomic mass is 16.2. The third kappa shape index (κ3) is 6.01. The number of nitrogens with zero attached hydrogens (tertiary/aromatic N) is 2. The van der Waals surface area contributed by atoms with Crippen LogP contribution in [-0.2, 0) is 16.0 Å². The van der Waals surface area contributed by atoms with Crippen LogP contribution >= 0.6 is 0 Å². The first-order valence-corrected chi connectivity index (χ1v) is 13.2. The topological polar surface area (TPSA) is 69.7 Å². The molecule has 3 aromatic rings. The zero-order valence-electron chi connectivity index (χ0n) is 22.3. The monoisotopic (exact) mass is 499 g/mol. The van der Waals surface area contributed by atoms with E-state index in [0.717, 1.165) is 22.0 Å². The molecule has 0 aliphatic carbocycles. The number of hydrogen-bond acceptors (Lipinski definition) is 3. The lowest BCUT2D eigenvalue weighted by atomic mass is 10.0. The average Bonchev–Trinajstić information content (AvgIpc) is 3.14. The summed E-state index contributed by atoms with van der Waals surface area (Å²) in [7, 11) is 0. The summed E-state index contributed by atoms with van der Waals surface area (Å²) in [6.45, 7) is 8.69. The fourth-order valence-electron chi connectivity index (χ4n) is 5.08. The van der Waals surface area contributed by atoms with Crippen LogP contribution in [0, 0.1) is 0 Å². The van der Waals surface area contributed by atoms with Gasteiger partial charge in [0.25, 0.3) is 5.91 Å². The maximum Gasteiger partial charge on any atom is 0.258 e. The van der Waals surface area contributed by atoms with Crippen LogP contribution in [0.5, 0.6) is 0 Å². The molecule has 0 bridgehead atoms. The number of amides is 3. The SMILES string of the molecule is CCC(C(=O)NC(C)(C)C)N(CCc1ccccc1)C(=O)CCCN1C(=O)c2cccc3cccc1c23. The van der Waals surface area contributed by atoms with Gasteiger partial charge in [0.1, 0.15) is 6.04 Å². The standard InChI is InChI=1S/C31H37N3O3/c1-5-25(29(36)32-31(2,3)4)33(21-19-22-12-7-6-8-13-22)27(35)18-11-20-34-26-17-10-15-23-14-9-16-24(28(23)26)30(34)37/h6-10,12-17,25H,5,11,18-21H2,1-4H3,(H,32,36). The van der Waals surface area contributed by atoms with E-state index in [4.69, 9.17) is 0 Å². The molecule has 1 aliphatic rings. The van der Waals surface area contributed by atoms with Gasteiger partial charge in [-0.2, -0.15) is 0 Å². The number of carbonyl (C=O) groups is 3. The zero-order chi connectivity index (χ0) is 26.6. The van der Waals surface area contributed by atoms with Gasteiger partial charge in [0, 0.05) is 36.0 Å². The maximum absolute atomic E-state index is 13.5. The molecule has 1 aliphatic heterocycles. The highest BCUT2D eigenvalue weighted by Gasteiger charge is 2.32. The molecule has 37 heavy (non-hydrogen) atoms. The van der Waals surface area contributed by atoms with Crippen molar-refractivity contribution in [2.24, 2.45) is 0 Å². The van der Waals surface area contributed by atoms with E-state index in [1.54, 1.807) is 9.80 Å². The molecule has 3 aromatic carbocycles. The first kappa shape index (κ1) is 26.4. The Balaban J connectivity index is 1.46. The lowest BCUT2D eigenvalue weighted by molar-refractivity contribution is -0.141. The van der Waals surface area contributed by atoms with Gasteiger partial charge in [-0.15, -0.1) is 0 Å². The molecule has 1 N–H and O–H groups in total. The largest absolute Gasteiger partial charge is 0.350 e. The molecular formula is C31H37N3O3. The second-order valence-corrected chi connectivity index (χ2v) is 10.7. The quantitative estimate of drug-likeness (QED) is 0.409. The van der Waals surface area contributed by atoms with Gasteiger partial charge < -0.3 is 15.1 Å². The molecule has 0 saturated carbocycles. The van der Waals surface area contributed by atoms with Gasteiger partial charge >= 0.3 is 0 Å². The Bertz CT molecular complexity index is 1270. The smallest absolute Gasteiger partial charge is 0.258 e. The maximum atomic E-state index is 13.5. The number of benzene rings is 3. The minimum Gasteiger partial charge on any atom is -0.350 e. The van der Waals surface area contributed by atoms with Crippen LogP contribution in [0.25, 0.3) is 10.8 Å². The molecule has 1 unspecified atom stereocenters. The first-order chi connectivity index (χ1) is 17.7. The molecule has 1 heterocycles. The van der Waals surface area contributed by atoms with E-state index in [0.29, 0.717) is 37.9 Å². The lowest BCUT2D eigenvalue weighted by Crippen LogP contribution is -2.54. The minimum atomic E-state index is -0.540. The Morgan fingerprint density at radius 3 is 2.35 bits per heavy atom. The highest BCUT2D eigenvalue weighted by Crippen LogP contribution is 2.37. The van der Waals surface area contributed by atoms with Crippen molar-refractivity contribution in [1.82, 2.24) is 10.2 Å². The summed E-state index contributed by atoms with van der Waals surface area (Å²) in [4.78, 5) is 43.3. The van der Waals surface area contributed by atoms with Crippen LogP contribution < -0.4 is 10.2 Å². The van der Waals surface area contributed by atoms with E-state index < -0.39 is 6.04 Å². The second-order valence-electron chi connectivity index (χ2n) is 10.7. The van der Waals surface area contributed by atoms with Crippen molar-refractivity contribution < 1.29 is 14.4 Å². The second kappa shape index (κ2) is 11.2. The normalized spacial score (nSPS) is 13.6. The van der Waals surface area contributed by atoms with Crippen molar-refractivity contribution in [2.45, 2.75) is 65.0 Å². The van der Waals surface area contributed by atoms with Crippen molar-refractivity contribution >= 4 is 34.2 Å². The average molecular weight is 500 g/mol. The van der Waals surface area contributed by atoms with E-state index >= 15 is 0 Å². The van der Waals surface area contributed by atoms with Crippen molar-refractivity contribution in [1.29, 1.82) is 0 Å². The van der Waals surface area contributed by atoms with Crippen LogP contribution in [0.4, 0.5) is 5.69 Å². The Labute approximate surface area is 219 Å². The molecule has 194 valence electrons. The van der Waals surface area contributed by atoms with E-state index in [2.05, 4.69) is 5.32 Å². The van der Waals surface area contributed by atoms with Crippen molar-refractivity contribution in [3.05, 3.63) is 77.9 Å². The molecule has 0 spiro atoms. The van der Waals surface area contributed by atoms with E-state index in [1.807, 2.05) is 94.4 Å². The van der Waals surface area contributed by atoms with Crippen molar-refractivity contribution in [2.75, 3.05) is 18.0 Å². The van der Waals surface area contributed by atoms with Gasteiger partial charge in [0.15, 0.2) is 0 Å². The summed E-state index contributed by atoms with van der Waals surface area (Å²) >= 11 is 0. The van der Waals surface area contributed by atoms with Gasteiger partial charge in [-0.05, 0) is 63.1 Å². The molecule has 4 rings (SSSR count). The summed E-state index contributed by atoms with van der Waals surface area (Å²) in [5, 5.41) is 5.07. The zero-order valence-corrected chi connectivity index (χ0v) is 22.3. The molecule has 1 atom stereocenters. The van der Waals surface area contributed by atoms with Crippen LogP contribution in [0.1, 0.15) is 62.9 Å². The van der Waals surface area contributed by atoms with Crippen LogP contribution in [0.3, 0.4) is 0 Å². The predicted octanol–water partition coefficient (Wildman–Crippen LogP) is 5.34. The molecule has 0 aromatic heterocycles. The summed E-state index contributed by atoms with van der Waals surface area (Å²) in [6, 6.07) is 21.2. The van der Waals surface area contributed by atoms with Gasteiger partial charge in [0.2, 0.25) is 11.8 Å². The van der Waals surface area contributed by atoms with Gasteiger partial charge in [-0.25, -0.2) is 0 Å². The molecule has 6 nitrogen and oxygen atoms in total. The van der Waals surface area contributed by atoms with Crippen LogP contribution in [0.2, 0.25) is 0 Å². The summed E-state index contributed by atoms with van der Waals surface area (Å²) in [6.07, 6.45) is 2.00. The summed E-state index contributed by atoms with van der Waals surface area (Å²) < 4.78 is 0. The minimum absolute atomic E-state index is 0.0174. The number of rotatable bonds is 10. The third-order valence-electron chi connectivity index (χ3n) is 6.79. The Hall–Kier alpha value is -3.67. The number of hydrogen-bond donors (Lipinski definition) is 1. The van der Waals surface area contributed by atoms with Crippen LogP contribution in [-0.4, -0.2) is 47.3 Å². The van der Waals surface area contributed by atoms with Gasteiger partial charge in [-0.1, -0.05) is 61.5 Å². The number of carbonyl (C=O) groups excluding carboxylic acids is 3. The van der Waals surface area contributed by atoms with Crippen molar-refractivity contribution in [3.63, 3.8) is 0 Å². The van der Waals surface area contributed by atoms with Gasteiger partial charge in [0.05, 0.1) is 5.69 Å². The fraction of sp³-hybridized carbons (Fsp3) is 0.387.